The standard InChI is InChI=1S/C22H25ClFN3O3/c1-30-17-7-6-16(19(24)12-17)14-27-11-10-26-22(29)20(27)13-21(28)25-9-8-15-4-2-3-5-18(15)23/h2-7,12,20H,8-11,13-14H2,1H3,(H,25,28)(H,26,29). The number of piperazine rings is 1. The zero-order valence-corrected chi connectivity index (χ0v) is 17.5. The van der Waals surface area contributed by atoms with Crippen molar-refractivity contribution in [2.24, 2.45) is 0 Å². The maximum atomic E-state index is 14.3. The molecule has 0 aromatic heterocycles. The van der Waals surface area contributed by atoms with Gasteiger partial charge < -0.3 is 15.4 Å². The number of carbonyl (C=O) groups is 2. The highest BCUT2D eigenvalue weighted by Gasteiger charge is 2.32. The summed E-state index contributed by atoms with van der Waals surface area (Å²) in [6.07, 6.45) is 0.606. The van der Waals surface area contributed by atoms with Gasteiger partial charge >= 0.3 is 0 Å². The Bertz CT molecular complexity index is 909. The van der Waals surface area contributed by atoms with E-state index in [-0.39, 0.29) is 24.8 Å². The van der Waals surface area contributed by atoms with Crippen molar-refractivity contribution < 1.29 is 18.7 Å². The van der Waals surface area contributed by atoms with Crippen LogP contribution in [0.5, 0.6) is 5.75 Å². The van der Waals surface area contributed by atoms with Gasteiger partial charge in [0, 0.05) is 42.8 Å². The number of hydrogen-bond acceptors (Lipinski definition) is 4. The molecule has 2 amide bonds. The van der Waals surface area contributed by atoms with E-state index >= 15 is 0 Å². The van der Waals surface area contributed by atoms with Crippen LogP contribution in [0.15, 0.2) is 42.5 Å². The number of halogens is 2. The van der Waals surface area contributed by atoms with E-state index in [4.69, 9.17) is 16.3 Å². The molecule has 0 aliphatic carbocycles. The molecule has 30 heavy (non-hydrogen) atoms. The first-order valence-corrected chi connectivity index (χ1v) is 10.2. The van der Waals surface area contributed by atoms with Crippen LogP contribution < -0.4 is 15.4 Å². The van der Waals surface area contributed by atoms with Crippen LogP contribution >= 0.6 is 11.6 Å². The van der Waals surface area contributed by atoms with E-state index < -0.39 is 11.9 Å². The summed E-state index contributed by atoms with van der Waals surface area (Å²) in [4.78, 5) is 26.7. The van der Waals surface area contributed by atoms with Crippen LogP contribution in [-0.2, 0) is 22.6 Å². The van der Waals surface area contributed by atoms with E-state index in [0.717, 1.165) is 5.56 Å². The van der Waals surface area contributed by atoms with Gasteiger partial charge in [0.15, 0.2) is 0 Å². The van der Waals surface area contributed by atoms with Gasteiger partial charge in [-0.25, -0.2) is 4.39 Å². The van der Waals surface area contributed by atoms with E-state index in [2.05, 4.69) is 10.6 Å². The number of nitrogens with one attached hydrogen (secondary N) is 2. The maximum absolute atomic E-state index is 14.3. The van der Waals surface area contributed by atoms with Gasteiger partial charge in [-0.15, -0.1) is 0 Å². The number of methoxy groups -OCH3 is 1. The van der Waals surface area contributed by atoms with Crippen molar-refractivity contribution >= 4 is 23.4 Å². The predicted molar refractivity (Wildman–Crippen MR) is 113 cm³/mol. The number of carbonyl (C=O) groups excluding carboxylic acids is 2. The van der Waals surface area contributed by atoms with Crippen LogP contribution in [0.2, 0.25) is 5.02 Å². The summed E-state index contributed by atoms with van der Waals surface area (Å²) in [5, 5.41) is 6.28. The molecule has 0 bridgehead atoms. The van der Waals surface area contributed by atoms with Gasteiger partial charge in [0.2, 0.25) is 11.8 Å². The maximum Gasteiger partial charge on any atom is 0.237 e. The fourth-order valence-corrected chi connectivity index (χ4v) is 3.69. The van der Waals surface area contributed by atoms with Crippen molar-refractivity contribution in [2.45, 2.75) is 25.4 Å². The minimum atomic E-state index is -0.652. The summed E-state index contributed by atoms with van der Waals surface area (Å²) in [5.41, 5.74) is 1.40. The summed E-state index contributed by atoms with van der Waals surface area (Å²) in [7, 11) is 1.48. The molecule has 1 saturated heterocycles. The van der Waals surface area contributed by atoms with E-state index in [1.165, 1.54) is 13.2 Å². The number of amides is 2. The summed E-state index contributed by atoms with van der Waals surface area (Å²) in [5.74, 6) is -0.425. The second kappa shape index (κ2) is 10.4. The van der Waals surface area contributed by atoms with Crippen LogP contribution in [0.1, 0.15) is 17.5 Å². The molecule has 2 aromatic carbocycles. The van der Waals surface area contributed by atoms with E-state index in [1.807, 2.05) is 23.1 Å². The van der Waals surface area contributed by atoms with E-state index in [9.17, 15) is 14.0 Å². The van der Waals surface area contributed by atoms with Gasteiger partial charge in [-0.3, -0.25) is 14.5 Å². The third kappa shape index (κ3) is 5.70. The average molecular weight is 434 g/mol. The Balaban J connectivity index is 1.58. The number of benzene rings is 2. The smallest absolute Gasteiger partial charge is 0.237 e. The molecule has 0 saturated carbocycles. The summed E-state index contributed by atoms with van der Waals surface area (Å²) in [6.45, 7) is 1.65. The lowest BCUT2D eigenvalue weighted by atomic mass is 10.1. The lowest BCUT2D eigenvalue weighted by molar-refractivity contribution is -0.134. The number of hydrogen-bond donors (Lipinski definition) is 2. The third-order valence-electron chi connectivity index (χ3n) is 5.13. The molecule has 3 rings (SSSR count). The lowest BCUT2D eigenvalue weighted by Crippen LogP contribution is -2.56. The first kappa shape index (κ1) is 22.1. The second-order valence-electron chi connectivity index (χ2n) is 7.13. The Morgan fingerprint density at radius 3 is 2.83 bits per heavy atom. The number of rotatable bonds is 8. The Morgan fingerprint density at radius 1 is 1.30 bits per heavy atom. The zero-order chi connectivity index (χ0) is 21.5. The monoisotopic (exact) mass is 433 g/mol. The molecule has 6 nitrogen and oxygen atoms in total. The van der Waals surface area contributed by atoms with Gasteiger partial charge in [0.25, 0.3) is 0 Å². The molecular weight excluding hydrogens is 409 g/mol. The van der Waals surface area contributed by atoms with Crippen LogP contribution in [0, 0.1) is 5.82 Å². The minimum Gasteiger partial charge on any atom is -0.497 e. The molecule has 2 N–H and O–H groups in total. The second-order valence-corrected chi connectivity index (χ2v) is 7.54. The molecule has 8 heteroatoms. The predicted octanol–water partition coefficient (Wildman–Crippen LogP) is 2.54. The molecule has 0 spiro atoms. The largest absolute Gasteiger partial charge is 0.497 e. The Labute approximate surface area is 180 Å². The molecule has 1 atom stereocenters. The first-order chi connectivity index (χ1) is 14.5. The van der Waals surface area contributed by atoms with Crippen molar-refractivity contribution in [3.63, 3.8) is 0 Å². The average Bonchev–Trinajstić information content (AvgIpc) is 2.73. The van der Waals surface area contributed by atoms with Gasteiger partial charge in [0.05, 0.1) is 19.6 Å². The Morgan fingerprint density at radius 2 is 2.10 bits per heavy atom. The Hall–Kier alpha value is -2.64. The molecule has 1 heterocycles. The quantitative estimate of drug-likeness (QED) is 0.671. The van der Waals surface area contributed by atoms with Gasteiger partial charge in [-0.05, 0) is 24.1 Å². The van der Waals surface area contributed by atoms with E-state index in [1.54, 1.807) is 18.2 Å². The van der Waals surface area contributed by atoms with Crippen LogP contribution in [-0.4, -0.2) is 49.5 Å². The van der Waals surface area contributed by atoms with Crippen molar-refractivity contribution in [1.29, 1.82) is 0 Å². The fraction of sp³-hybridized carbons (Fsp3) is 0.364. The summed E-state index contributed by atoms with van der Waals surface area (Å²) < 4.78 is 19.4. The SMILES string of the molecule is COc1ccc(CN2CCNC(=O)C2CC(=O)NCCc2ccccc2Cl)c(F)c1. The normalized spacial score (nSPS) is 16.8. The van der Waals surface area contributed by atoms with Crippen molar-refractivity contribution in [2.75, 3.05) is 26.7 Å². The van der Waals surface area contributed by atoms with Gasteiger partial charge in [-0.1, -0.05) is 35.9 Å². The number of nitrogens with zero attached hydrogens (tertiary/aromatic N) is 1. The lowest BCUT2D eigenvalue weighted by Gasteiger charge is -2.34. The molecule has 1 fully saturated rings. The molecule has 1 aliphatic heterocycles. The van der Waals surface area contributed by atoms with Gasteiger partial charge in [-0.2, -0.15) is 0 Å². The molecule has 1 unspecified atom stereocenters. The topological polar surface area (TPSA) is 70.7 Å². The highest BCUT2D eigenvalue weighted by Crippen LogP contribution is 2.20. The highest BCUT2D eigenvalue weighted by molar-refractivity contribution is 6.31. The Kier molecular flexibility index (Phi) is 7.65. The molecular formula is C22H25ClFN3O3. The van der Waals surface area contributed by atoms with Crippen LogP contribution in [0.4, 0.5) is 4.39 Å². The van der Waals surface area contributed by atoms with Crippen molar-refractivity contribution in [3.05, 3.63) is 64.4 Å². The fourth-order valence-electron chi connectivity index (χ4n) is 3.46. The van der Waals surface area contributed by atoms with E-state index in [0.29, 0.717) is 42.4 Å². The first-order valence-electron chi connectivity index (χ1n) is 9.82. The van der Waals surface area contributed by atoms with Gasteiger partial charge in [0.1, 0.15) is 11.6 Å². The van der Waals surface area contributed by atoms with Crippen LogP contribution in [0.3, 0.4) is 0 Å². The van der Waals surface area contributed by atoms with Crippen molar-refractivity contribution in [3.8, 4) is 5.75 Å². The summed E-state index contributed by atoms with van der Waals surface area (Å²) >= 11 is 6.13. The summed E-state index contributed by atoms with van der Waals surface area (Å²) in [6, 6.07) is 11.4. The zero-order valence-electron chi connectivity index (χ0n) is 16.8. The number of ether oxygens (including phenoxy) is 1. The molecule has 1 aliphatic rings. The van der Waals surface area contributed by atoms with Crippen LogP contribution in [0.25, 0.3) is 0 Å². The molecule has 0 radical (unpaired) electrons. The molecule has 160 valence electrons. The highest BCUT2D eigenvalue weighted by atomic mass is 35.5. The van der Waals surface area contributed by atoms with Crippen molar-refractivity contribution in [1.82, 2.24) is 15.5 Å². The molecule has 2 aromatic rings. The third-order valence-corrected chi connectivity index (χ3v) is 5.50. The minimum absolute atomic E-state index is 0.00608.